The van der Waals surface area contributed by atoms with Crippen molar-refractivity contribution in [3.63, 3.8) is 0 Å². The molecule has 0 bridgehead atoms. The number of rotatable bonds is 3. The minimum atomic E-state index is -1.49. The van der Waals surface area contributed by atoms with Crippen molar-refractivity contribution < 1.29 is 9.18 Å². The Bertz CT molecular complexity index is 371. The summed E-state index contributed by atoms with van der Waals surface area (Å²) in [4.78, 5) is 14.2. The Labute approximate surface area is 75.4 Å². The van der Waals surface area contributed by atoms with Crippen LogP contribution in [0, 0.1) is 0 Å². The van der Waals surface area contributed by atoms with E-state index in [1.54, 1.807) is 0 Å². The second-order valence-corrected chi connectivity index (χ2v) is 2.38. The van der Waals surface area contributed by atoms with Gasteiger partial charge in [0.1, 0.15) is 0 Å². The number of halogens is 1. The number of hydrogen-bond acceptors (Lipinski definition) is 2. The SMILES string of the molecule is C=Cc1cc(C(=O)F)cnc1C=C. The van der Waals surface area contributed by atoms with E-state index in [4.69, 9.17) is 0 Å². The standard InChI is InChI=1S/C10H8FNO/c1-3-7-5-8(10(11)13)6-12-9(7)4-2/h3-6H,1-2H2. The second kappa shape index (κ2) is 3.76. The van der Waals surface area contributed by atoms with Crippen LogP contribution in [-0.4, -0.2) is 11.0 Å². The van der Waals surface area contributed by atoms with Crippen LogP contribution in [0.25, 0.3) is 12.2 Å². The van der Waals surface area contributed by atoms with Crippen molar-refractivity contribution in [1.82, 2.24) is 4.98 Å². The van der Waals surface area contributed by atoms with Crippen LogP contribution < -0.4 is 0 Å². The van der Waals surface area contributed by atoms with Crippen LogP contribution in [0.3, 0.4) is 0 Å². The number of carbonyl (C=O) groups excluding carboxylic acids is 1. The summed E-state index contributed by atoms with van der Waals surface area (Å²) < 4.78 is 12.2. The summed E-state index contributed by atoms with van der Waals surface area (Å²) in [7, 11) is 0. The van der Waals surface area contributed by atoms with Crippen molar-refractivity contribution in [2.45, 2.75) is 0 Å². The maximum atomic E-state index is 12.2. The maximum absolute atomic E-state index is 12.2. The first-order valence-corrected chi connectivity index (χ1v) is 3.63. The smallest absolute Gasteiger partial charge is 0.255 e. The van der Waals surface area contributed by atoms with Gasteiger partial charge in [-0.25, -0.2) is 0 Å². The fourth-order valence-corrected chi connectivity index (χ4v) is 0.934. The van der Waals surface area contributed by atoms with Crippen molar-refractivity contribution in [3.05, 3.63) is 42.2 Å². The first-order valence-electron chi connectivity index (χ1n) is 3.63. The maximum Gasteiger partial charge on any atom is 0.333 e. The molecular formula is C10H8FNO. The second-order valence-electron chi connectivity index (χ2n) is 2.38. The highest BCUT2D eigenvalue weighted by Gasteiger charge is 2.06. The van der Waals surface area contributed by atoms with Gasteiger partial charge in [0, 0.05) is 11.8 Å². The van der Waals surface area contributed by atoms with Crippen molar-refractivity contribution in [1.29, 1.82) is 0 Å². The molecule has 66 valence electrons. The number of pyridine rings is 1. The summed E-state index contributed by atoms with van der Waals surface area (Å²) in [6.07, 6.45) is 4.19. The average Bonchev–Trinajstić information content (AvgIpc) is 2.16. The van der Waals surface area contributed by atoms with E-state index >= 15 is 0 Å². The highest BCUT2D eigenvalue weighted by atomic mass is 19.1. The minimum Gasteiger partial charge on any atom is -0.255 e. The molecule has 1 rings (SSSR count). The molecule has 0 saturated heterocycles. The van der Waals surface area contributed by atoms with E-state index in [9.17, 15) is 9.18 Å². The van der Waals surface area contributed by atoms with E-state index in [-0.39, 0.29) is 5.56 Å². The van der Waals surface area contributed by atoms with Gasteiger partial charge < -0.3 is 0 Å². The Balaban J connectivity index is 3.28. The third-order valence-corrected chi connectivity index (χ3v) is 1.59. The van der Waals surface area contributed by atoms with Gasteiger partial charge in [0.15, 0.2) is 0 Å². The van der Waals surface area contributed by atoms with E-state index in [1.807, 2.05) is 0 Å². The van der Waals surface area contributed by atoms with E-state index in [0.29, 0.717) is 11.3 Å². The van der Waals surface area contributed by atoms with Crippen LogP contribution in [0.1, 0.15) is 21.6 Å². The Morgan fingerprint density at radius 3 is 2.62 bits per heavy atom. The molecule has 0 aliphatic carbocycles. The Hall–Kier alpha value is -1.77. The van der Waals surface area contributed by atoms with Gasteiger partial charge >= 0.3 is 6.04 Å². The summed E-state index contributed by atoms with van der Waals surface area (Å²) in [6, 6.07) is -0.106. The third kappa shape index (κ3) is 1.87. The lowest BCUT2D eigenvalue weighted by molar-refractivity contribution is 0.0835. The van der Waals surface area contributed by atoms with Gasteiger partial charge in [-0.3, -0.25) is 9.78 Å². The molecule has 0 aromatic carbocycles. The molecule has 0 aliphatic heterocycles. The van der Waals surface area contributed by atoms with Gasteiger partial charge in [0.05, 0.1) is 11.3 Å². The van der Waals surface area contributed by atoms with Gasteiger partial charge in [-0.15, -0.1) is 0 Å². The molecule has 0 fully saturated rings. The zero-order valence-electron chi connectivity index (χ0n) is 6.96. The first kappa shape index (κ1) is 9.32. The molecule has 2 nitrogen and oxygen atoms in total. The average molecular weight is 177 g/mol. The van der Waals surface area contributed by atoms with E-state index in [0.717, 1.165) is 0 Å². The molecule has 1 aromatic heterocycles. The van der Waals surface area contributed by atoms with Crippen LogP contribution in [-0.2, 0) is 0 Å². The summed E-state index contributed by atoms with van der Waals surface area (Å²) in [5, 5.41) is 0. The predicted molar refractivity (Wildman–Crippen MR) is 49.9 cm³/mol. The van der Waals surface area contributed by atoms with E-state index in [1.165, 1.54) is 24.4 Å². The van der Waals surface area contributed by atoms with Gasteiger partial charge in [-0.2, -0.15) is 4.39 Å². The molecule has 0 spiro atoms. The van der Waals surface area contributed by atoms with E-state index in [2.05, 4.69) is 18.1 Å². The lowest BCUT2D eigenvalue weighted by Crippen LogP contribution is -1.95. The molecule has 3 heteroatoms. The molecule has 0 atom stereocenters. The van der Waals surface area contributed by atoms with Gasteiger partial charge in [-0.05, 0) is 12.1 Å². The fraction of sp³-hybridized carbons (Fsp3) is 0. The van der Waals surface area contributed by atoms with E-state index < -0.39 is 6.04 Å². The number of nitrogens with zero attached hydrogens (tertiary/aromatic N) is 1. The molecule has 0 unspecified atom stereocenters. The molecule has 0 aliphatic rings. The molecule has 0 saturated carbocycles. The quantitative estimate of drug-likeness (QED) is 0.664. The van der Waals surface area contributed by atoms with Crippen molar-refractivity contribution in [3.8, 4) is 0 Å². The zero-order valence-corrected chi connectivity index (χ0v) is 6.96. The molecular weight excluding hydrogens is 169 g/mol. The monoisotopic (exact) mass is 177 g/mol. The van der Waals surface area contributed by atoms with Gasteiger partial charge in [-0.1, -0.05) is 19.2 Å². The van der Waals surface area contributed by atoms with Crippen LogP contribution >= 0.6 is 0 Å². The molecule has 1 heterocycles. The minimum absolute atomic E-state index is 0.0690. The summed E-state index contributed by atoms with van der Waals surface area (Å²) in [5.74, 6) is 0. The predicted octanol–water partition coefficient (Wildman–Crippen LogP) is 2.48. The fourth-order valence-electron chi connectivity index (χ4n) is 0.934. The lowest BCUT2D eigenvalue weighted by Gasteiger charge is -1.99. The Morgan fingerprint density at radius 1 is 1.46 bits per heavy atom. The summed E-state index contributed by atoms with van der Waals surface area (Å²) in [6.45, 7) is 7.04. The largest absolute Gasteiger partial charge is 0.333 e. The Morgan fingerprint density at radius 2 is 2.15 bits per heavy atom. The molecule has 0 radical (unpaired) electrons. The number of hydrogen-bond donors (Lipinski definition) is 0. The lowest BCUT2D eigenvalue weighted by atomic mass is 10.1. The summed E-state index contributed by atoms with van der Waals surface area (Å²) >= 11 is 0. The number of carbonyl (C=O) groups is 1. The normalized spacial score (nSPS) is 9.31. The molecule has 0 amide bonds. The molecule has 0 N–H and O–H groups in total. The highest BCUT2D eigenvalue weighted by Crippen LogP contribution is 2.12. The first-order chi connectivity index (χ1) is 6.19. The Kier molecular flexibility index (Phi) is 2.69. The third-order valence-electron chi connectivity index (χ3n) is 1.59. The highest BCUT2D eigenvalue weighted by molar-refractivity contribution is 5.89. The molecule has 1 aromatic rings. The summed E-state index contributed by atoms with van der Waals surface area (Å²) in [5.41, 5.74) is 1.11. The van der Waals surface area contributed by atoms with Crippen LogP contribution in [0.4, 0.5) is 4.39 Å². The van der Waals surface area contributed by atoms with Crippen molar-refractivity contribution in [2.24, 2.45) is 0 Å². The zero-order chi connectivity index (χ0) is 9.84. The van der Waals surface area contributed by atoms with Crippen molar-refractivity contribution >= 4 is 18.2 Å². The van der Waals surface area contributed by atoms with Crippen LogP contribution in [0.5, 0.6) is 0 Å². The van der Waals surface area contributed by atoms with Crippen LogP contribution in [0.15, 0.2) is 25.4 Å². The van der Waals surface area contributed by atoms with Crippen molar-refractivity contribution in [2.75, 3.05) is 0 Å². The number of aromatic nitrogens is 1. The van der Waals surface area contributed by atoms with Crippen LogP contribution in [0.2, 0.25) is 0 Å². The topological polar surface area (TPSA) is 30.0 Å². The molecule has 13 heavy (non-hydrogen) atoms. The van der Waals surface area contributed by atoms with Gasteiger partial charge in [0.2, 0.25) is 0 Å². The van der Waals surface area contributed by atoms with Gasteiger partial charge in [0.25, 0.3) is 0 Å².